The first-order chi connectivity index (χ1) is 9.17. The molecule has 1 aromatic heterocycles. The standard InChI is InChI=1S/C14H20N2O3/c1-11-7-12(19-15-11)8-13(17)16-5-2-3-14(9-16)4-6-18-10-14/h7H,2-6,8-10H2,1H3/t14-/m1/s1. The van der Waals surface area contributed by atoms with Crippen LogP contribution in [0.3, 0.4) is 0 Å². The van der Waals surface area contributed by atoms with Gasteiger partial charge in [-0.1, -0.05) is 5.16 Å². The first-order valence-electron chi connectivity index (χ1n) is 6.95. The number of likely N-dealkylation sites (tertiary alicyclic amines) is 1. The highest BCUT2D eigenvalue weighted by Crippen LogP contribution is 2.37. The van der Waals surface area contributed by atoms with Gasteiger partial charge in [0.1, 0.15) is 5.76 Å². The summed E-state index contributed by atoms with van der Waals surface area (Å²) in [6, 6.07) is 1.83. The second kappa shape index (κ2) is 4.96. The summed E-state index contributed by atoms with van der Waals surface area (Å²) in [6.07, 6.45) is 3.65. The van der Waals surface area contributed by atoms with Crippen LogP contribution in [0.5, 0.6) is 0 Å². The fourth-order valence-electron chi connectivity index (χ4n) is 3.15. The Balaban J connectivity index is 1.63. The van der Waals surface area contributed by atoms with Crippen molar-refractivity contribution in [3.05, 3.63) is 17.5 Å². The van der Waals surface area contributed by atoms with Crippen molar-refractivity contribution in [3.63, 3.8) is 0 Å². The van der Waals surface area contributed by atoms with Gasteiger partial charge >= 0.3 is 0 Å². The molecule has 0 aromatic carbocycles. The zero-order chi connectivity index (χ0) is 13.3. The Morgan fingerprint density at radius 2 is 2.42 bits per heavy atom. The van der Waals surface area contributed by atoms with Gasteiger partial charge in [0, 0.05) is 31.2 Å². The van der Waals surface area contributed by atoms with Gasteiger partial charge in [-0.25, -0.2) is 0 Å². The molecule has 2 aliphatic heterocycles. The summed E-state index contributed by atoms with van der Waals surface area (Å²) in [4.78, 5) is 14.3. The average molecular weight is 264 g/mol. The van der Waals surface area contributed by atoms with E-state index in [-0.39, 0.29) is 11.3 Å². The number of nitrogens with zero attached hydrogens (tertiary/aromatic N) is 2. The van der Waals surface area contributed by atoms with E-state index in [0.29, 0.717) is 12.2 Å². The molecular formula is C14H20N2O3. The molecule has 0 bridgehead atoms. The van der Waals surface area contributed by atoms with Crippen molar-refractivity contribution >= 4 is 5.91 Å². The number of aromatic nitrogens is 1. The van der Waals surface area contributed by atoms with Crippen molar-refractivity contribution in [3.8, 4) is 0 Å². The van der Waals surface area contributed by atoms with Crippen LogP contribution >= 0.6 is 0 Å². The zero-order valence-corrected chi connectivity index (χ0v) is 11.4. The highest BCUT2D eigenvalue weighted by Gasteiger charge is 2.40. The minimum absolute atomic E-state index is 0.141. The number of carbonyl (C=O) groups excluding carboxylic acids is 1. The average Bonchev–Trinajstić information content (AvgIpc) is 3.00. The molecule has 104 valence electrons. The lowest BCUT2D eigenvalue weighted by atomic mass is 9.79. The maximum atomic E-state index is 12.3. The van der Waals surface area contributed by atoms with Gasteiger partial charge in [-0.3, -0.25) is 4.79 Å². The van der Waals surface area contributed by atoms with E-state index in [9.17, 15) is 4.79 Å². The molecule has 3 rings (SSSR count). The monoisotopic (exact) mass is 264 g/mol. The van der Waals surface area contributed by atoms with Gasteiger partial charge in [0.2, 0.25) is 5.91 Å². The number of rotatable bonds is 2. The van der Waals surface area contributed by atoms with Crippen LogP contribution in [0.25, 0.3) is 0 Å². The molecule has 1 spiro atoms. The number of carbonyl (C=O) groups is 1. The molecule has 1 aromatic rings. The third-order valence-electron chi connectivity index (χ3n) is 4.20. The van der Waals surface area contributed by atoms with Crippen molar-refractivity contribution in [2.45, 2.75) is 32.6 Å². The molecule has 2 saturated heterocycles. The molecule has 19 heavy (non-hydrogen) atoms. The van der Waals surface area contributed by atoms with E-state index in [4.69, 9.17) is 9.26 Å². The molecule has 3 heterocycles. The summed E-state index contributed by atoms with van der Waals surface area (Å²) in [5, 5.41) is 3.82. The predicted octanol–water partition coefficient (Wildman–Crippen LogP) is 1.55. The van der Waals surface area contributed by atoms with E-state index in [0.717, 1.165) is 44.8 Å². The van der Waals surface area contributed by atoms with E-state index < -0.39 is 0 Å². The normalized spacial score (nSPS) is 27.1. The molecule has 1 amide bonds. The molecule has 2 aliphatic rings. The lowest BCUT2D eigenvalue weighted by molar-refractivity contribution is -0.134. The quantitative estimate of drug-likeness (QED) is 0.813. The van der Waals surface area contributed by atoms with E-state index in [1.165, 1.54) is 6.42 Å². The van der Waals surface area contributed by atoms with Crippen molar-refractivity contribution in [2.24, 2.45) is 5.41 Å². The van der Waals surface area contributed by atoms with Gasteiger partial charge in [0.25, 0.3) is 0 Å². The highest BCUT2D eigenvalue weighted by molar-refractivity contribution is 5.78. The van der Waals surface area contributed by atoms with Crippen LogP contribution in [0.15, 0.2) is 10.6 Å². The number of aryl methyl sites for hydroxylation is 1. The third kappa shape index (κ3) is 2.66. The fourth-order valence-corrected chi connectivity index (χ4v) is 3.15. The molecule has 5 heteroatoms. The van der Waals surface area contributed by atoms with E-state index in [1.54, 1.807) is 0 Å². The Morgan fingerprint density at radius 1 is 1.53 bits per heavy atom. The Kier molecular flexibility index (Phi) is 3.31. The Hall–Kier alpha value is -1.36. The molecule has 5 nitrogen and oxygen atoms in total. The summed E-state index contributed by atoms with van der Waals surface area (Å²) in [5.41, 5.74) is 1.03. The lowest BCUT2D eigenvalue weighted by Crippen LogP contribution is -2.47. The topological polar surface area (TPSA) is 55.6 Å². The maximum Gasteiger partial charge on any atom is 0.230 e. The molecule has 0 N–H and O–H groups in total. The Morgan fingerprint density at radius 3 is 3.11 bits per heavy atom. The zero-order valence-electron chi connectivity index (χ0n) is 11.4. The van der Waals surface area contributed by atoms with Crippen LogP contribution < -0.4 is 0 Å². The van der Waals surface area contributed by atoms with Gasteiger partial charge in [-0.2, -0.15) is 0 Å². The van der Waals surface area contributed by atoms with Crippen LogP contribution in [0, 0.1) is 12.3 Å². The third-order valence-corrected chi connectivity index (χ3v) is 4.20. The SMILES string of the molecule is Cc1cc(CC(=O)N2CCC[C@@]3(CCOC3)C2)on1. The highest BCUT2D eigenvalue weighted by atomic mass is 16.5. The molecule has 2 fully saturated rings. The van der Waals surface area contributed by atoms with Crippen molar-refractivity contribution in [2.75, 3.05) is 26.3 Å². The number of piperidine rings is 1. The van der Waals surface area contributed by atoms with Crippen molar-refractivity contribution in [1.29, 1.82) is 0 Å². The van der Waals surface area contributed by atoms with E-state index in [2.05, 4.69) is 5.16 Å². The van der Waals surface area contributed by atoms with Gasteiger partial charge in [0.05, 0.1) is 18.7 Å². The summed E-state index contributed by atoms with van der Waals surface area (Å²) >= 11 is 0. The largest absolute Gasteiger partial charge is 0.381 e. The van der Waals surface area contributed by atoms with Crippen molar-refractivity contribution in [1.82, 2.24) is 10.1 Å². The maximum absolute atomic E-state index is 12.3. The molecule has 0 unspecified atom stereocenters. The molecule has 0 aliphatic carbocycles. The second-order valence-corrected chi connectivity index (χ2v) is 5.83. The summed E-state index contributed by atoms with van der Waals surface area (Å²) < 4.78 is 10.6. The predicted molar refractivity (Wildman–Crippen MR) is 68.6 cm³/mol. The summed E-state index contributed by atoms with van der Waals surface area (Å²) in [6.45, 7) is 5.19. The Labute approximate surface area is 112 Å². The minimum Gasteiger partial charge on any atom is -0.381 e. The van der Waals surface area contributed by atoms with Gasteiger partial charge < -0.3 is 14.2 Å². The van der Waals surface area contributed by atoms with Gasteiger partial charge in [-0.15, -0.1) is 0 Å². The molecule has 0 saturated carbocycles. The number of amides is 1. The van der Waals surface area contributed by atoms with Crippen LogP contribution in [-0.4, -0.2) is 42.3 Å². The number of hydrogen-bond donors (Lipinski definition) is 0. The summed E-state index contributed by atoms with van der Waals surface area (Å²) in [5.74, 6) is 0.798. The van der Waals surface area contributed by atoms with Gasteiger partial charge in [-0.05, 0) is 26.2 Å². The van der Waals surface area contributed by atoms with Crippen LogP contribution in [0.4, 0.5) is 0 Å². The first-order valence-corrected chi connectivity index (χ1v) is 6.95. The molecule has 0 radical (unpaired) electrons. The van der Waals surface area contributed by atoms with Gasteiger partial charge in [0.15, 0.2) is 0 Å². The Bertz CT molecular complexity index is 463. The summed E-state index contributed by atoms with van der Waals surface area (Å²) in [7, 11) is 0. The van der Waals surface area contributed by atoms with Crippen LogP contribution in [-0.2, 0) is 16.0 Å². The van der Waals surface area contributed by atoms with E-state index >= 15 is 0 Å². The van der Waals surface area contributed by atoms with Crippen molar-refractivity contribution < 1.29 is 14.1 Å². The molecule has 1 atom stereocenters. The minimum atomic E-state index is 0.141. The smallest absolute Gasteiger partial charge is 0.230 e. The molecular weight excluding hydrogens is 244 g/mol. The number of hydrogen-bond acceptors (Lipinski definition) is 4. The lowest BCUT2D eigenvalue weighted by Gasteiger charge is -2.39. The van der Waals surface area contributed by atoms with E-state index in [1.807, 2.05) is 17.9 Å². The van der Waals surface area contributed by atoms with Crippen LogP contribution in [0.2, 0.25) is 0 Å². The number of ether oxygens (including phenoxy) is 1. The van der Waals surface area contributed by atoms with Crippen LogP contribution in [0.1, 0.15) is 30.7 Å². The first kappa shape index (κ1) is 12.7. The fraction of sp³-hybridized carbons (Fsp3) is 0.714. The second-order valence-electron chi connectivity index (χ2n) is 5.83.